The average Bonchev–Trinajstić information content (AvgIpc) is 3.25. The van der Waals surface area contributed by atoms with Crippen LogP contribution in [0.3, 0.4) is 0 Å². The molecule has 0 spiro atoms. The first-order valence-electron chi connectivity index (χ1n) is 14.6. The van der Waals surface area contributed by atoms with Crippen molar-refractivity contribution in [2.45, 2.75) is 83.5 Å². The largest absolute Gasteiger partial charge is 0.379 e. The van der Waals surface area contributed by atoms with Crippen molar-refractivity contribution < 1.29 is 47.7 Å². The molecule has 0 N–H and O–H groups in total. The van der Waals surface area contributed by atoms with Crippen molar-refractivity contribution in [1.29, 1.82) is 0 Å². The molecule has 11 nitrogen and oxygen atoms in total. The average molecular weight is 558 g/mol. The number of nitrogens with zero attached hydrogens (tertiary/aromatic N) is 1. The van der Waals surface area contributed by atoms with Gasteiger partial charge in [0, 0.05) is 25.2 Å². The van der Waals surface area contributed by atoms with Crippen molar-refractivity contribution in [2.75, 3.05) is 66.1 Å². The lowest BCUT2D eigenvalue weighted by Gasteiger charge is -2.17. The van der Waals surface area contributed by atoms with Crippen molar-refractivity contribution >= 4 is 23.6 Å². The highest BCUT2D eigenvalue weighted by Crippen LogP contribution is 2.23. The second-order valence-corrected chi connectivity index (χ2v) is 9.82. The fraction of sp³-hybridized carbons (Fsp3) is 0.857. The molecule has 2 aliphatic rings. The number of hydrogen-bond donors (Lipinski definition) is 0. The van der Waals surface area contributed by atoms with E-state index in [0.29, 0.717) is 76.7 Å². The molecule has 0 radical (unpaired) electrons. The monoisotopic (exact) mass is 557 g/mol. The van der Waals surface area contributed by atoms with Gasteiger partial charge in [0.05, 0.1) is 72.5 Å². The van der Waals surface area contributed by atoms with Gasteiger partial charge in [0.2, 0.25) is 0 Å². The normalized spacial score (nSPS) is 17.5. The van der Waals surface area contributed by atoms with Crippen LogP contribution in [0.4, 0.5) is 0 Å². The van der Waals surface area contributed by atoms with E-state index in [-0.39, 0.29) is 31.8 Å². The van der Waals surface area contributed by atoms with E-state index in [1.807, 2.05) is 0 Å². The minimum absolute atomic E-state index is 0.0655. The molecule has 224 valence electrons. The molecular formula is C28H47NO10. The molecular weight excluding hydrogens is 510 g/mol. The molecule has 0 aromatic carbocycles. The smallest absolute Gasteiger partial charge is 0.335 e. The third-order valence-corrected chi connectivity index (χ3v) is 6.69. The van der Waals surface area contributed by atoms with Crippen LogP contribution in [0.1, 0.15) is 83.5 Å². The molecule has 0 unspecified atom stereocenters. The maximum atomic E-state index is 12.5. The Labute approximate surface area is 232 Å². The van der Waals surface area contributed by atoms with E-state index in [4.69, 9.17) is 28.5 Å². The summed E-state index contributed by atoms with van der Waals surface area (Å²) in [5.74, 6) is -1.13. The standard InChI is InChI=1S/C28H47NO10/c30-25(24-8-6-4-2-1-3-5-7-9-24)12-14-34-16-18-36-20-22-38-23-21-37-19-17-35-15-13-28(33)39-29-26(31)10-11-27(29)32/h24H,1-23H2. The molecule has 0 aromatic heterocycles. The highest BCUT2D eigenvalue weighted by atomic mass is 16.7. The SMILES string of the molecule is O=C(CCOCCOCCOCCOCCOCCC(=O)C1CCCCCCCCC1)ON1C(=O)CCC1=O. The maximum absolute atomic E-state index is 12.5. The number of hydroxylamine groups is 2. The summed E-state index contributed by atoms with van der Waals surface area (Å²) >= 11 is 0. The zero-order valence-electron chi connectivity index (χ0n) is 23.4. The van der Waals surface area contributed by atoms with Gasteiger partial charge in [0.15, 0.2) is 0 Å². The minimum atomic E-state index is -0.692. The number of amides is 2. The van der Waals surface area contributed by atoms with E-state index < -0.39 is 17.8 Å². The van der Waals surface area contributed by atoms with Crippen LogP contribution in [0, 0.1) is 5.92 Å². The van der Waals surface area contributed by atoms with E-state index in [1.165, 1.54) is 44.9 Å². The van der Waals surface area contributed by atoms with E-state index in [0.717, 1.165) is 12.8 Å². The molecule has 1 aliphatic heterocycles. The van der Waals surface area contributed by atoms with Crippen molar-refractivity contribution in [3.8, 4) is 0 Å². The Bertz CT molecular complexity index is 690. The predicted octanol–water partition coefficient (Wildman–Crippen LogP) is 3.17. The van der Waals surface area contributed by atoms with Gasteiger partial charge < -0.3 is 28.5 Å². The van der Waals surface area contributed by atoms with Gasteiger partial charge in [-0.25, -0.2) is 4.79 Å². The summed E-state index contributed by atoms with van der Waals surface area (Å²) in [6, 6.07) is 0. The highest BCUT2D eigenvalue weighted by Gasteiger charge is 2.32. The molecule has 39 heavy (non-hydrogen) atoms. The van der Waals surface area contributed by atoms with Gasteiger partial charge in [-0.3, -0.25) is 14.4 Å². The lowest BCUT2D eigenvalue weighted by Crippen LogP contribution is -2.32. The van der Waals surface area contributed by atoms with Gasteiger partial charge in [-0.15, -0.1) is 5.06 Å². The van der Waals surface area contributed by atoms with Crippen LogP contribution in [0.15, 0.2) is 0 Å². The lowest BCUT2D eigenvalue weighted by atomic mass is 9.88. The number of rotatable bonds is 20. The number of Topliss-reactive ketones (excluding diaryl/α,β-unsaturated/α-hetero) is 1. The molecule has 11 heteroatoms. The van der Waals surface area contributed by atoms with E-state index in [2.05, 4.69) is 0 Å². The number of ether oxygens (including phenoxy) is 5. The number of carbonyl (C=O) groups is 4. The Morgan fingerprint density at radius 2 is 0.949 bits per heavy atom. The zero-order valence-corrected chi connectivity index (χ0v) is 23.4. The van der Waals surface area contributed by atoms with Crippen LogP contribution in [0.5, 0.6) is 0 Å². The predicted molar refractivity (Wildman–Crippen MR) is 141 cm³/mol. The summed E-state index contributed by atoms with van der Waals surface area (Å²) in [5.41, 5.74) is 0. The second-order valence-electron chi connectivity index (χ2n) is 9.82. The molecule has 2 rings (SSSR count). The first kappa shape index (κ1) is 33.3. The summed E-state index contributed by atoms with van der Waals surface area (Å²) in [7, 11) is 0. The van der Waals surface area contributed by atoms with Crippen molar-refractivity contribution in [3.63, 3.8) is 0 Å². The first-order valence-corrected chi connectivity index (χ1v) is 14.6. The molecule has 0 aromatic rings. The molecule has 1 aliphatic carbocycles. The van der Waals surface area contributed by atoms with Crippen LogP contribution in [0.2, 0.25) is 0 Å². The molecule has 1 heterocycles. The first-order chi connectivity index (χ1) is 19.1. The minimum Gasteiger partial charge on any atom is -0.379 e. The summed E-state index contributed by atoms with van der Waals surface area (Å²) in [6.07, 6.45) is 11.4. The van der Waals surface area contributed by atoms with Crippen LogP contribution in [-0.2, 0) is 47.7 Å². The van der Waals surface area contributed by atoms with Crippen LogP contribution in [0.25, 0.3) is 0 Å². The molecule has 0 bridgehead atoms. The topological polar surface area (TPSA) is 127 Å². The third-order valence-electron chi connectivity index (χ3n) is 6.69. The third kappa shape index (κ3) is 16.1. The summed E-state index contributed by atoms with van der Waals surface area (Å²) in [4.78, 5) is 51.7. The summed E-state index contributed by atoms with van der Waals surface area (Å²) in [6.45, 7) is 3.87. The summed E-state index contributed by atoms with van der Waals surface area (Å²) < 4.78 is 27.2. The van der Waals surface area contributed by atoms with Crippen molar-refractivity contribution in [2.24, 2.45) is 5.92 Å². The van der Waals surface area contributed by atoms with E-state index in [1.54, 1.807) is 0 Å². The second kappa shape index (κ2) is 21.8. The molecule has 2 amide bonds. The van der Waals surface area contributed by atoms with E-state index in [9.17, 15) is 19.2 Å². The highest BCUT2D eigenvalue weighted by molar-refractivity contribution is 6.01. The fourth-order valence-electron chi connectivity index (χ4n) is 4.45. The van der Waals surface area contributed by atoms with E-state index >= 15 is 0 Å². The maximum Gasteiger partial charge on any atom is 0.335 e. The lowest BCUT2D eigenvalue weighted by molar-refractivity contribution is -0.198. The number of imide groups is 1. The Kier molecular flexibility index (Phi) is 18.6. The molecule has 2 fully saturated rings. The Morgan fingerprint density at radius 3 is 1.41 bits per heavy atom. The zero-order chi connectivity index (χ0) is 28.0. The Morgan fingerprint density at radius 1 is 0.564 bits per heavy atom. The van der Waals surface area contributed by atoms with Gasteiger partial charge in [-0.1, -0.05) is 44.9 Å². The van der Waals surface area contributed by atoms with Gasteiger partial charge in [0.1, 0.15) is 5.78 Å². The van der Waals surface area contributed by atoms with Crippen molar-refractivity contribution in [1.82, 2.24) is 5.06 Å². The van der Waals surface area contributed by atoms with Gasteiger partial charge >= 0.3 is 5.97 Å². The van der Waals surface area contributed by atoms with Gasteiger partial charge in [0.25, 0.3) is 11.8 Å². The number of carbonyl (C=O) groups excluding carboxylic acids is 4. The number of ketones is 1. The Balaban J connectivity index is 1.29. The quantitative estimate of drug-likeness (QED) is 0.163. The fourth-order valence-corrected chi connectivity index (χ4v) is 4.45. The van der Waals surface area contributed by atoms with Crippen molar-refractivity contribution in [3.05, 3.63) is 0 Å². The van der Waals surface area contributed by atoms with Gasteiger partial charge in [-0.2, -0.15) is 0 Å². The molecule has 1 saturated heterocycles. The Hall–Kier alpha value is -1.92. The molecule has 0 atom stereocenters. The van der Waals surface area contributed by atoms with Crippen LogP contribution < -0.4 is 0 Å². The number of hydrogen-bond acceptors (Lipinski definition) is 10. The summed E-state index contributed by atoms with van der Waals surface area (Å²) in [5, 5.41) is 0.524. The van der Waals surface area contributed by atoms with Crippen LogP contribution >= 0.6 is 0 Å². The van der Waals surface area contributed by atoms with Crippen LogP contribution in [-0.4, -0.2) is 94.7 Å². The van der Waals surface area contributed by atoms with Gasteiger partial charge in [-0.05, 0) is 12.8 Å². The molecule has 1 saturated carbocycles.